The van der Waals surface area contributed by atoms with Crippen LogP contribution in [-0.4, -0.2) is 45.0 Å². The maximum atomic E-state index is 11.3. The number of aromatic nitrogens is 1. The van der Waals surface area contributed by atoms with Gasteiger partial charge in [0.2, 0.25) is 0 Å². The van der Waals surface area contributed by atoms with Gasteiger partial charge in [0.05, 0.1) is 12.8 Å². The first-order valence-corrected chi connectivity index (χ1v) is 5.50. The molecular weight excluding hydrogens is 250 g/mol. The van der Waals surface area contributed by atoms with Gasteiger partial charge in [0, 0.05) is 0 Å². The molecule has 0 aliphatic heterocycles. The Kier molecular flexibility index (Phi) is 4.55. The summed E-state index contributed by atoms with van der Waals surface area (Å²) < 4.78 is 4.70. The Bertz CT molecular complexity index is 417. The Labute approximate surface area is 100 Å². The van der Waals surface area contributed by atoms with Crippen LogP contribution in [0.5, 0.6) is 0 Å². The van der Waals surface area contributed by atoms with E-state index in [9.17, 15) is 14.7 Å². The van der Waals surface area contributed by atoms with Crippen LogP contribution in [0.1, 0.15) is 27.7 Å². The number of ether oxygens (including phenoxy) is 1. The van der Waals surface area contributed by atoms with Gasteiger partial charge in [0.1, 0.15) is 16.0 Å². The molecule has 2 unspecified atom stereocenters. The molecule has 0 saturated heterocycles. The Morgan fingerprint density at radius 2 is 2.18 bits per heavy atom. The van der Waals surface area contributed by atoms with E-state index in [1.165, 1.54) is 0 Å². The minimum absolute atomic E-state index is 0.0528. The highest BCUT2D eigenvalue weighted by Crippen LogP contribution is 2.23. The maximum absolute atomic E-state index is 11.3. The van der Waals surface area contributed by atoms with Crippen LogP contribution < -0.4 is 0 Å². The average molecular weight is 261 g/mol. The topological polar surface area (TPSA) is 117 Å². The maximum Gasteiger partial charge on any atom is 0.349 e. The molecule has 0 aliphatic rings. The Hall–Kier alpha value is -1.51. The first kappa shape index (κ1) is 13.6. The van der Waals surface area contributed by atoms with Crippen LogP contribution in [-0.2, 0) is 9.53 Å². The predicted molar refractivity (Wildman–Crippen MR) is 56.7 cm³/mol. The summed E-state index contributed by atoms with van der Waals surface area (Å²) in [7, 11) is 0. The monoisotopic (exact) mass is 261 g/mol. The summed E-state index contributed by atoms with van der Waals surface area (Å²) in [5.74, 6) is -2.17. The van der Waals surface area contributed by atoms with Crippen LogP contribution in [0.15, 0.2) is 6.20 Å². The number of aliphatic hydroxyl groups is 2. The summed E-state index contributed by atoms with van der Waals surface area (Å²) in [6, 6.07) is 0. The third kappa shape index (κ3) is 3.22. The second kappa shape index (κ2) is 5.71. The molecule has 0 radical (unpaired) electrons. The molecule has 94 valence electrons. The van der Waals surface area contributed by atoms with Gasteiger partial charge in [-0.15, -0.1) is 11.3 Å². The van der Waals surface area contributed by atoms with Crippen LogP contribution >= 0.6 is 11.3 Å². The van der Waals surface area contributed by atoms with E-state index < -0.39 is 24.1 Å². The van der Waals surface area contributed by atoms with E-state index >= 15 is 0 Å². The van der Waals surface area contributed by atoms with Crippen LogP contribution in [0.2, 0.25) is 0 Å². The van der Waals surface area contributed by atoms with E-state index in [0.29, 0.717) is 0 Å². The number of hydrogen-bond acceptors (Lipinski definition) is 7. The van der Waals surface area contributed by atoms with Crippen molar-refractivity contribution in [1.82, 2.24) is 4.98 Å². The van der Waals surface area contributed by atoms with Gasteiger partial charge in [0.25, 0.3) is 0 Å². The van der Waals surface area contributed by atoms with Crippen molar-refractivity contribution < 1.29 is 29.6 Å². The molecule has 0 aliphatic carbocycles. The summed E-state index contributed by atoms with van der Waals surface area (Å²) in [6.45, 7) is 1.84. The molecule has 0 amide bonds. The van der Waals surface area contributed by atoms with Gasteiger partial charge in [-0.25, -0.2) is 14.6 Å². The first-order valence-electron chi connectivity index (χ1n) is 4.69. The number of nitrogens with zero attached hydrogens (tertiary/aromatic N) is 1. The molecule has 0 fully saturated rings. The summed E-state index contributed by atoms with van der Waals surface area (Å²) in [5, 5.41) is 27.0. The second-order valence-corrected chi connectivity index (χ2v) is 4.07. The molecule has 1 aromatic rings. The number of thiazole rings is 1. The number of aliphatic carboxylic acids is 1. The van der Waals surface area contributed by atoms with Crippen LogP contribution in [0.4, 0.5) is 0 Å². The lowest BCUT2D eigenvalue weighted by molar-refractivity contribution is -0.153. The molecule has 1 aromatic heterocycles. The van der Waals surface area contributed by atoms with E-state index in [4.69, 9.17) is 14.9 Å². The van der Waals surface area contributed by atoms with Crippen molar-refractivity contribution in [2.45, 2.75) is 19.1 Å². The zero-order valence-electron chi connectivity index (χ0n) is 8.86. The van der Waals surface area contributed by atoms with Crippen LogP contribution in [0.3, 0.4) is 0 Å². The van der Waals surface area contributed by atoms with Gasteiger partial charge < -0.3 is 20.1 Å². The van der Waals surface area contributed by atoms with Gasteiger partial charge in [0.15, 0.2) is 6.10 Å². The second-order valence-electron chi connectivity index (χ2n) is 3.01. The van der Waals surface area contributed by atoms with E-state index in [-0.39, 0.29) is 16.5 Å². The van der Waals surface area contributed by atoms with Gasteiger partial charge in [-0.1, -0.05) is 0 Å². The smallest absolute Gasteiger partial charge is 0.349 e. The molecule has 17 heavy (non-hydrogen) atoms. The normalized spacial score (nSPS) is 14.1. The SMILES string of the molecule is CCOC(=O)c1cnc(C(O)C(O)C(=O)O)s1. The minimum Gasteiger partial charge on any atom is -0.479 e. The summed E-state index contributed by atoms with van der Waals surface area (Å²) in [6.07, 6.45) is -2.48. The lowest BCUT2D eigenvalue weighted by Gasteiger charge is -2.10. The number of carboxylic acids is 1. The van der Waals surface area contributed by atoms with Crippen LogP contribution in [0.25, 0.3) is 0 Å². The molecule has 0 aromatic carbocycles. The zero-order valence-corrected chi connectivity index (χ0v) is 9.68. The Morgan fingerprint density at radius 3 is 2.71 bits per heavy atom. The van der Waals surface area contributed by atoms with Crippen molar-refractivity contribution in [1.29, 1.82) is 0 Å². The number of carbonyl (C=O) groups excluding carboxylic acids is 1. The van der Waals surface area contributed by atoms with Crippen molar-refractivity contribution in [3.05, 3.63) is 16.1 Å². The molecule has 0 saturated carbocycles. The van der Waals surface area contributed by atoms with E-state index in [0.717, 1.165) is 17.5 Å². The quantitative estimate of drug-likeness (QED) is 0.628. The van der Waals surface area contributed by atoms with Crippen molar-refractivity contribution in [3.63, 3.8) is 0 Å². The number of carbonyl (C=O) groups is 2. The Morgan fingerprint density at radius 1 is 1.53 bits per heavy atom. The highest BCUT2D eigenvalue weighted by molar-refractivity contribution is 7.13. The van der Waals surface area contributed by atoms with E-state index in [1.54, 1.807) is 6.92 Å². The van der Waals surface area contributed by atoms with Gasteiger partial charge in [-0.2, -0.15) is 0 Å². The number of hydrogen-bond donors (Lipinski definition) is 3. The van der Waals surface area contributed by atoms with Crippen molar-refractivity contribution in [3.8, 4) is 0 Å². The third-order valence-electron chi connectivity index (χ3n) is 1.81. The highest BCUT2D eigenvalue weighted by atomic mass is 32.1. The fourth-order valence-electron chi connectivity index (χ4n) is 0.991. The standard InChI is InChI=1S/C9H11NO6S/c1-2-16-9(15)4-3-10-7(17-4)5(11)6(12)8(13)14/h3,5-6,11-12H,2H2,1H3,(H,13,14). The van der Waals surface area contributed by atoms with Gasteiger partial charge >= 0.3 is 11.9 Å². The van der Waals surface area contributed by atoms with Crippen LogP contribution in [0, 0.1) is 0 Å². The van der Waals surface area contributed by atoms with Gasteiger partial charge in [-0.3, -0.25) is 0 Å². The molecule has 0 bridgehead atoms. The lowest BCUT2D eigenvalue weighted by Crippen LogP contribution is -2.27. The summed E-state index contributed by atoms with van der Waals surface area (Å²) in [4.78, 5) is 25.5. The lowest BCUT2D eigenvalue weighted by atomic mass is 10.2. The number of rotatable bonds is 5. The predicted octanol–water partition coefficient (Wildman–Crippen LogP) is -0.201. The zero-order chi connectivity index (χ0) is 13.0. The molecule has 3 N–H and O–H groups in total. The molecular formula is C9H11NO6S. The fourth-order valence-corrected chi connectivity index (χ4v) is 1.82. The first-order chi connectivity index (χ1) is 7.97. The number of esters is 1. The molecule has 1 heterocycles. The highest BCUT2D eigenvalue weighted by Gasteiger charge is 2.28. The number of carboxylic acid groups (broad SMARTS) is 1. The average Bonchev–Trinajstić information content (AvgIpc) is 2.76. The summed E-state index contributed by atoms with van der Waals surface area (Å²) in [5.41, 5.74) is 0. The fraction of sp³-hybridized carbons (Fsp3) is 0.444. The minimum atomic E-state index is -1.98. The van der Waals surface area contributed by atoms with Crippen molar-refractivity contribution >= 4 is 23.3 Å². The summed E-state index contributed by atoms with van der Waals surface area (Å²) >= 11 is 0.776. The van der Waals surface area contributed by atoms with Gasteiger partial charge in [-0.05, 0) is 6.92 Å². The third-order valence-corrected chi connectivity index (χ3v) is 2.85. The number of aliphatic hydroxyl groups excluding tert-OH is 2. The van der Waals surface area contributed by atoms with Crippen molar-refractivity contribution in [2.24, 2.45) is 0 Å². The molecule has 1 rings (SSSR count). The molecule has 7 nitrogen and oxygen atoms in total. The van der Waals surface area contributed by atoms with Crippen molar-refractivity contribution in [2.75, 3.05) is 6.61 Å². The van der Waals surface area contributed by atoms with E-state index in [1.807, 2.05) is 0 Å². The Balaban J connectivity index is 2.80. The molecule has 8 heteroatoms. The van der Waals surface area contributed by atoms with E-state index in [2.05, 4.69) is 4.98 Å². The molecule has 0 spiro atoms. The molecule has 2 atom stereocenters. The largest absolute Gasteiger partial charge is 0.479 e.